The third-order valence-corrected chi connectivity index (χ3v) is 2.90. The van der Waals surface area contributed by atoms with Crippen LogP contribution in [-0.4, -0.2) is 37.0 Å². The van der Waals surface area contributed by atoms with E-state index in [0.29, 0.717) is 13.1 Å². The van der Waals surface area contributed by atoms with Crippen molar-refractivity contribution in [1.82, 2.24) is 4.90 Å². The molecule has 0 atom stereocenters. The van der Waals surface area contributed by atoms with Crippen LogP contribution in [0.15, 0.2) is 24.3 Å². The minimum atomic E-state index is -0.216. The van der Waals surface area contributed by atoms with Crippen LogP contribution in [0.4, 0.5) is 10.1 Å². The first-order valence-electron chi connectivity index (χ1n) is 5.43. The number of rotatable bonds is 1. The van der Waals surface area contributed by atoms with E-state index < -0.39 is 0 Å². The molecule has 1 aromatic carbocycles. The van der Waals surface area contributed by atoms with Gasteiger partial charge < -0.3 is 9.80 Å². The van der Waals surface area contributed by atoms with Gasteiger partial charge in [-0.1, -0.05) is 6.07 Å². The van der Waals surface area contributed by atoms with E-state index in [1.807, 2.05) is 11.0 Å². The fourth-order valence-corrected chi connectivity index (χ4v) is 1.95. The maximum absolute atomic E-state index is 13.0. The van der Waals surface area contributed by atoms with Crippen LogP contribution in [0.25, 0.3) is 0 Å². The molecule has 0 spiro atoms. The van der Waals surface area contributed by atoms with E-state index in [-0.39, 0.29) is 11.7 Å². The minimum Gasteiger partial charge on any atom is -0.368 e. The van der Waals surface area contributed by atoms with E-state index in [9.17, 15) is 9.18 Å². The number of carbonyl (C=O) groups excluding carboxylic acids is 1. The molecule has 1 heterocycles. The van der Waals surface area contributed by atoms with Crippen LogP contribution in [0.5, 0.6) is 0 Å². The summed E-state index contributed by atoms with van der Waals surface area (Å²) in [5.41, 5.74) is 0.892. The molecule has 4 heteroatoms. The molecule has 16 heavy (non-hydrogen) atoms. The molecule has 0 N–H and O–H groups in total. The topological polar surface area (TPSA) is 23.6 Å². The molecule has 1 aromatic rings. The molecule has 0 radical (unpaired) electrons. The van der Waals surface area contributed by atoms with Crippen LogP contribution < -0.4 is 4.90 Å². The van der Waals surface area contributed by atoms with E-state index in [4.69, 9.17) is 0 Å². The highest BCUT2D eigenvalue weighted by molar-refractivity contribution is 5.73. The smallest absolute Gasteiger partial charge is 0.219 e. The second-order valence-electron chi connectivity index (χ2n) is 3.97. The first-order valence-corrected chi connectivity index (χ1v) is 5.43. The number of amides is 1. The van der Waals surface area contributed by atoms with Gasteiger partial charge in [-0.3, -0.25) is 4.79 Å². The predicted octanol–water partition coefficient (Wildman–Crippen LogP) is 1.49. The summed E-state index contributed by atoms with van der Waals surface area (Å²) < 4.78 is 13.0. The molecule has 1 saturated heterocycles. The largest absolute Gasteiger partial charge is 0.368 e. The third-order valence-electron chi connectivity index (χ3n) is 2.90. The summed E-state index contributed by atoms with van der Waals surface area (Å²) in [6, 6.07) is 6.58. The lowest BCUT2D eigenvalue weighted by atomic mass is 10.2. The van der Waals surface area contributed by atoms with E-state index in [0.717, 1.165) is 18.8 Å². The normalized spacial score (nSPS) is 16.4. The lowest BCUT2D eigenvalue weighted by molar-refractivity contribution is -0.129. The summed E-state index contributed by atoms with van der Waals surface area (Å²) in [6.07, 6.45) is 0. The van der Waals surface area contributed by atoms with Gasteiger partial charge in [0.2, 0.25) is 5.91 Å². The summed E-state index contributed by atoms with van der Waals surface area (Å²) in [4.78, 5) is 15.1. The Balaban J connectivity index is 2.01. The number of piperazine rings is 1. The van der Waals surface area contributed by atoms with Crippen molar-refractivity contribution in [3.05, 3.63) is 30.1 Å². The monoisotopic (exact) mass is 222 g/mol. The van der Waals surface area contributed by atoms with Crippen LogP contribution in [0.2, 0.25) is 0 Å². The molecular weight excluding hydrogens is 207 g/mol. The van der Waals surface area contributed by atoms with Crippen LogP contribution >= 0.6 is 0 Å². The lowest BCUT2D eigenvalue weighted by Gasteiger charge is -2.35. The molecule has 86 valence electrons. The molecule has 0 saturated carbocycles. The highest BCUT2D eigenvalue weighted by atomic mass is 19.1. The van der Waals surface area contributed by atoms with Crippen LogP contribution in [0.1, 0.15) is 6.92 Å². The Kier molecular flexibility index (Phi) is 3.08. The van der Waals surface area contributed by atoms with Crippen molar-refractivity contribution in [2.75, 3.05) is 31.1 Å². The van der Waals surface area contributed by atoms with E-state index in [1.165, 1.54) is 12.1 Å². The van der Waals surface area contributed by atoms with Gasteiger partial charge in [0.1, 0.15) is 5.82 Å². The molecule has 0 aromatic heterocycles. The average Bonchev–Trinajstić information content (AvgIpc) is 2.29. The van der Waals surface area contributed by atoms with Gasteiger partial charge in [-0.25, -0.2) is 4.39 Å². The minimum absolute atomic E-state index is 0.110. The lowest BCUT2D eigenvalue weighted by Crippen LogP contribution is -2.48. The number of anilines is 1. The van der Waals surface area contributed by atoms with Crippen molar-refractivity contribution in [3.63, 3.8) is 0 Å². The first-order chi connectivity index (χ1) is 7.66. The van der Waals surface area contributed by atoms with Crippen LogP contribution in [0.3, 0.4) is 0 Å². The Morgan fingerprint density at radius 2 is 1.94 bits per heavy atom. The summed E-state index contributed by atoms with van der Waals surface area (Å²) in [5.74, 6) is -0.106. The summed E-state index contributed by atoms with van der Waals surface area (Å²) in [6.45, 7) is 4.54. The summed E-state index contributed by atoms with van der Waals surface area (Å²) >= 11 is 0. The molecule has 1 aliphatic rings. The van der Waals surface area contributed by atoms with E-state index >= 15 is 0 Å². The number of nitrogens with zero attached hydrogens (tertiary/aromatic N) is 2. The number of benzene rings is 1. The molecule has 1 fully saturated rings. The Morgan fingerprint density at radius 3 is 2.50 bits per heavy atom. The van der Waals surface area contributed by atoms with Gasteiger partial charge in [0.15, 0.2) is 0 Å². The number of halogens is 1. The highest BCUT2D eigenvalue weighted by Crippen LogP contribution is 2.17. The zero-order valence-corrected chi connectivity index (χ0v) is 9.32. The third kappa shape index (κ3) is 2.32. The molecular formula is C12H15FN2O. The Bertz CT molecular complexity index is 386. The van der Waals surface area contributed by atoms with Gasteiger partial charge in [-0.05, 0) is 18.2 Å². The molecule has 2 rings (SSSR count). The van der Waals surface area contributed by atoms with Crippen molar-refractivity contribution >= 4 is 11.6 Å². The van der Waals surface area contributed by atoms with Gasteiger partial charge >= 0.3 is 0 Å². The number of hydrogen-bond donors (Lipinski definition) is 0. The van der Waals surface area contributed by atoms with Gasteiger partial charge in [-0.2, -0.15) is 0 Å². The molecule has 1 amide bonds. The summed E-state index contributed by atoms with van der Waals surface area (Å²) in [5, 5.41) is 0. The van der Waals surface area contributed by atoms with E-state index in [1.54, 1.807) is 13.0 Å². The Labute approximate surface area is 94.5 Å². The second-order valence-corrected chi connectivity index (χ2v) is 3.97. The fraction of sp³-hybridized carbons (Fsp3) is 0.417. The average molecular weight is 222 g/mol. The first kappa shape index (κ1) is 10.9. The van der Waals surface area contributed by atoms with Gasteiger partial charge in [0, 0.05) is 38.8 Å². The summed E-state index contributed by atoms with van der Waals surface area (Å²) in [7, 11) is 0. The van der Waals surface area contributed by atoms with Crippen LogP contribution in [-0.2, 0) is 4.79 Å². The maximum atomic E-state index is 13.0. The Morgan fingerprint density at radius 1 is 1.25 bits per heavy atom. The van der Waals surface area contributed by atoms with Crippen molar-refractivity contribution in [2.45, 2.75) is 6.92 Å². The highest BCUT2D eigenvalue weighted by Gasteiger charge is 2.18. The number of hydrogen-bond acceptors (Lipinski definition) is 2. The van der Waals surface area contributed by atoms with Crippen molar-refractivity contribution in [1.29, 1.82) is 0 Å². The van der Waals surface area contributed by atoms with Crippen molar-refractivity contribution < 1.29 is 9.18 Å². The molecule has 3 nitrogen and oxygen atoms in total. The Hall–Kier alpha value is -1.58. The predicted molar refractivity (Wildman–Crippen MR) is 60.9 cm³/mol. The van der Waals surface area contributed by atoms with E-state index in [2.05, 4.69) is 4.90 Å². The molecule has 0 bridgehead atoms. The SMILES string of the molecule is CC(=O)N1CCN(c2cccc(F)c2)CC1. The molecule has 1 aliphatic heterocycles. The van der Waals surface area contributed by atoms with Crippen molar-refractivity contribution in [3.8, 4) is 0 Å². The van der Waals surface area contributed by atoms with Crippen molar-refractivity contribution in [2.24, 2.45) is 0 Å². The van der Waals surface area contributed by atoms with Gasteiger partial charge in [0.05, 0.1) is 0 Å². The second kappa shape index (κ2) is 4.51. The van der Waals surface area contributed by atoms with Gasteiger partial charge in [0.25, 0.3) is 0 Å². The quantitative estimate of drug-likeness (QED) is 0.718. The maximum Gasteiger partial charge on any atom is 0.219 e. The number of carbonyl (C=O) groups is 1. The standard InChI is InChI=1S/C12H15FN2O/c1-10(16)14-5-7-15(8-6-14)12-4-2-3-11(13)9-12/h2-4,9H,5-8H2,1H3. The molecule has 0 aliphatic carbocycles. The van der Waals surface area contributed by atoms with Crippen LogP contribution in [0, 0.1) is 5.82 Å². The molecule has 0 unspecified atom stereocenters. The zero-order valence-electron chi connectivity index (χ0n) is 9.32. The zero-order chi connectivity index (χ0) is 11.5. The van der Waals surface area contributed by atoms with Gasteiger partial charge in [-0.15, -0.1) is 0 Å². The fourth-order valence-electron chi connectivity index (χ4n) is 1.95.